The van der Waals surface area contributed by atoms with Crippen LogP contribution in [-0.2, 0) is 9.59 Å². The van der Waals surface area contributed by atoms with Crippen molar-refractivity contribution in [2.45, 2.75) is 39.5 Å². The van der Waals surface area contributed by atoms with E-state index in [1.165, 1.54) is 0 Å². The highest BCUT2D eigenvalue weighted by molar-refractivity contribution is 5.86. The van der Waals surface area contributed by atoms with Crippen LogP contribution in [0.15, 0.2) is 0 Å². The molecule has 0 amide bonds. The lowest BCUT2D eigenvalue weighted by atomic mass is 9.57. The van der Waals surface area contributed by atoms with Crippen LogP contribution in [0, 0.1) is 10.8 Å². The summed E-state index contributed by atoms with van der Waals surface area (Å²) in [4.78, 5) is 22.3. The maximum atomic E-state index is 11.1. The van der Waals surface area contributed by atoms with E-state index in [1.807, 2.05) is 0 Å². The summed E-state index contributed by atoms with van der Waals surface area (Å²) in [7, 11) is 0. The molecule has 1 aliphatic carbocycles. The number of aliphatic carboxylic acids is 2. The van der Waals surface area contributed by atoms with Crippen LogP contribution in [0.4, 0.5) is 0 Å². The van der Waals surface area contributed by atoms with Crippen molar-refractivity contribution in [3.05, 3.63) is 0 Å². The molecular weight excluding hydrogens is 184 g/mol. The predicted molar refractivity (Wildman–Crippen MR) is 50.0 cm³/mol. The third kappa shape index (κ3) is 1.29. The molecule has 14 heavy (non-hydrogen) atoms. The van der Waals surface area contributed by atoms with Gasteiger partial charge in [0.05, 0.1) is 10.8 Å². The van der Waals surface area contributed by atoms with Crippen molar-refractivity contribution in [2.24, 2.45) is 10.8 Å². The van der Waals surface area contributed by atoms with Gasteiger partial charge in [0.15, 0.2) is 0 Å². The van der Waals surface area contributed by atoms with Gasteiger partial charge in [-0.15, -0.1) is 0 Å². The molecule has 4 heteroatoms. The Labute approximate surface area is 82.9 Å². The van der Waals surface area contributed by atoms with Crippen molar-refractivity contribution in [1.29, 1.82) is 0 Å². The molecule has 0 aromatic rings. The van der Waals surface area contributed by atoms with Crippen LogP contribution in [0.2, 0.25) is 0 Å². The van der Waals surface area contributed by atoms with E-state index in [0.717, 1.165) is 12.8 Å². The summed E-state index contributed by atoms with van der Waals surface area (Å²) in [6.07, 6.45) is 2.49. The van der Waals surface area contributed by atoms with E-state index in [9.17, 15) is 9.59 Å². The first-order valence-electron chi connectivity index (χ1n) is 4.81. The Morgan fingerprint density at radius 3 is 1.43 bits per heavy atom. The Morgan fingerprint density at radius 1 is 0.929 bits per heavy atom. The number of carboxylic acids is 2. The Kier molecular flexibility index (Phi) is 2.56. The lowest BCUT2D eigenvalue weighted by Gasteiger charge is -2.43. The molecule has 1 fully saturated rings. The maximum absolute atomic E-state index is 11.1. The Bertz CT molecular complexity index is 245. The van der Waals surface area contributed by atoms with Crippen molar-refractivity contribution < 1.29 is 19.8 Å². The summed E-state index contributed by atoms with van der Waals surface area (Å²) >= 11 is 0. The minimum Gasteiger partial charge on any atom is -0.481 e. The van der Waals surface area contributed by atoms with E-state index in [2.05, 4.69) is 0 Å². The highest BCUT2D eigenvalue weighted by Gasteiger charge is 2.56. The summed E-state index contributed by atoms with van der Waals surface area (Å²) in [5, 5.41) is 18.2. The third-order valence-corrected chi connectivity index (χ3v) is 3.77. The van der Waals surface area contributed by atoms with E-state index >= 15 is 0 Å². The normalized spacial score (nSPS) is 37.9. The smallest absolute Gasteiger partial charge is 0.310 e. The summed E-state index contributed by atoms with van der Waals surface area (Å²) < 4.78 is 0. The predicted octanol–water partition coefficient (Wildman–Crippen LogP) is 1.74. The summed E-state index contributed by atoms with van der Waals surface area (Å²) in [6.45, 7) is 3.09. The number of carbonyl (C=O) groups is 2. The zero-order valence-electron chi connectivity index (χ0n) is 8.54. The summed E-state index contributed by atoms with van der Waals surface area (Å²) in [5.74, 6) is -2.00. The van der Waals surface area contributed by atoms with Gasteiger partial charge < -0.3 is 10.2 Å². The number of carboxylic acid groups (broad SMARTS) is 2. The number of hydrogen-bond donors (Lipinski definition) is 2. The second-order valence-electron chi connectivity index (χ2n) is 4.48. The fraction of sp³-hybridized carbons (Fsp3) is 0.800. The second-order valence-corrected chi connectivity index (χ2v) is 4.48. The monoisotopic (exact) mass is 200 g/mol. The van der Waals surface area contributed by atoms with E-state index in [4.69, 9.17) is 10.2 Å². The number of hydrogen-bond acceptors (Lipinski definition) is 2. The minimum absolute atomic E-state index is 0.450. The lowest BCUT2D eigenvalue weighted by Crippen LogP contribution is -2.50. The highest BCUT2D eigenvalue weighted by atomic mass is 16.4. The fourth-order valence-electron chi connectivity index (χ4n) is 2.19. The van der Waals surface area contributed by atoms with Crippen LogP contribution < -0.4 is 0 Å². The van der Waals surface area contributed by atoms with Crippen molar-refractivity contribution in [1.82, 2.24) is 0 Å². The molecule has 2 N–H and O–H groups in total. The van der Waals surface area contributed by atoms with Gasteiger partial charge in [0.1, 0.15) is 0 Å². The van der Waals surface area contributed by atoms with Crippen LogP contribution in [0.3, 0.4) is 0 Å². The van der Waals surface area contributed by atoms with Gasteiger partial charge in [0.2, 0.25) is 0 Å². The Hall–Kier alpha value is -1.06. The summed E-state index contributed by atoms with van der Waals surface area (Å²) in [6, 6.07) is 0. The van der Waals surface area contributed by atoms with Crippen LogP contribution in [0.25, 0.3) is 0 Å². The first kappa shape index (κ1) is 11.0. The zero-order valence-corrected chi connectivity index (χ0v) is 8.54. The van der Waals surface area contributed by atoms with Crippen molar-refractivity contribution >= 4 is 11.9 Å². The Balaban J connectivity index is 3.12. The van der Waals surface area contributed by atoms with Gasteiger partial charge in [0, 0.05) is 0 Å². The maximum Gasteiger partial charge on any atom is 0.310 e. The molecule has 1 aliphatic rings. The zero-order chi connectivity index (χ0) is 11.0. The molecule has 0 bridgehead atoms. The molecule has 0 radical (unpaired) electrons. The molecule has 0 unspecified atom stereocenters. The standard InChI is InChI=1S/C10H16O4/c1-9(7(11)12)5-3-4-6-10(9,2)8(13)14/h3-6H2,1-2H3,(H,11,12)(H,13,14)/t9-,10-/m0/s1. The Morgan fingerprint density at radius 2 is 1.21 bits per heavy atom. The SMILES string of the molecule is C[C@@]1(C(=O)O)CCCC[C@@]1(C)C(=O)O. The van der Waals surface area contributed by atoms with Gasteiger partial charge in [-0.3, -0.25) is 9.59 Å². The van der Waals surface area contributed by atoms with E-state index in [-0.39, 0.29) is 0 Å². The molecule has 0 heterocycles. The molecule has 4 nitrogen and oxygen atoms in total. The van der Waals surface area contributed by atoms with Crippen LogP contribution in [-0.4, -0.2) is 22.2 Å². The van der Waals surface area contributed by atoms with Crippen LogP contribution in [0.1, 0.15) is 39.5 Å². The van der Waals surface area contributed by atoms with Crippen LogP contribution >= 0.6 is 0 Å². The molecule has 80 valence electrons. The third-order valence-electron chi connectivity index (χ3n) is 3.77. The first-order valence-corrected chi connectivity index (χ1v) is 4.81. The van der Waals surface area contributed by atoms with E-state index in [0.29, 0.717) is 12.8 Å². The second kappa shape index (κ2) is 3.26. The van der Waals surface area contributed by atoms with E-state index < -0.39 is 22.8 Å². The van der Waals surface area contributed by atoms with Crippen molar-refractivity contribution in [3.8, 4) is 0 Å². The number of rotatable bonds is 2. The van der Waals surface area contributed by atoms with Gasteiger partial charge in [0.25, 0.3) is 0 Å². The average Bonchev–Trinajstić information content (AvgIpc) is 2.09. The highest BCUT2D eigenvalue weighted by Crippen LogP contribution is 2.50. The van der Waals surface area contributed by atoms with Crippen molar-refractivity contribution in [2.75, 3.05) is 0 Å². The molecule has 0 saturated heterocycles. The van der Waals surface area contributed by atoms with Gasteiger partial charge in [-0.25, -0.2) is 0 Å². The summed E-state index contributed by atoms with van der Waals surface area (Å²) in [5.41, 5.74) is -2.26. The molecule has 0 aromatic carbocycles. The fourth-order valence-corrected chi connectivity index (χ4v) is 2.19. The minimum atomic E-state index is -1.13. The molecule has 2 atom stereocenters. The average molecular weight is 200 g/mol. The van der Waals surface area contributed by atoms with Gasteiger partial charge in [-0.1, -0.05) is 12.8 Å². The first-order chi connectivity index (χ1) is 6.34. The molecule has 0 spiro atoms. The van der Waals surface area contributed by atoms with Gasteiger partial charge in [-0.2, -0.15) is 0 Å². The molecule has 1 rings (SSSR count). The van der Waals surface area contributed by atoms with E-state index in [1.54, 1.807) is 13.8 Å². The largest absolute Gasteiger partial charge is 0.481 e. The molecular formula is C10H16O4. The topological polar surface area (TPSA) is 74.6 Å². The van der Waals surface area contributed by atoms with Crippen LogP contribution in [0.5, 0.6) is 0 Å². The van der Waals surface area contributed by atoms with Gasteiger partial charge >= 0.3 is 11.9 Å². The quantitative estimate of drug-likeness (QED) is 0.712. The lowest BCUT2D eigenvalue weighted by molar-refractivity contribution is -0.175. The molecule has 1 saturated carbocycles. The molecule has 0 aromatic heterocycles. The van der Waals surface area contributed by atoms with Gasteiger partial charge in [-0.05, 0) is 26.7 Å². The van der Waals surface area contributed by atoms with Crippen molar-refractivity contribution in [3.63, 3.8) is 0 Å². The molecule has 0 aliphatic heterocycles.